The van der Waals surface area contributed by atoms with Gasteiger partial charge in [0.1, 0.15) is 55.6 Å². The molecule has 0 spiro atoms. The fraction of sp³-hybridized carbons (Fsp3) is 1.00. The van der Waals surface area contributed by atoms with Gasteiger partial charge in [0.15, 0.2) is 12.6 Å². The molecule has 30 heavy (non-hydrogen) atoms. The Morgan fingerprint density at radius 3 is 2.13 bits per heavy atom. The lowest BCUT2D eigenvalue weighted by Crippen LogP contribution is -2.61. The zero-order valence-electron chi connectivity index (χ0n) is 18.4. The van der Waals surface area contributed by atoms with Gasteiger partial charge in [-0.3, -0.25) is 0 Å². The SMILES string of the molecule is COC[C@@H](OC)[C@H]1O[C@H](O[C@H]2[C@@H]3OCOC[C@H]2O[C@H](OC)[C@H]3OC)[C@@H](OC)[C@H]1OC. The topological polar surface area (TPSA) is 102 Å². The summed E-state index contributed by atoms with van der Waals surface area (Å²) in [6.07, 6.45) is -5.06. The van der Waals surface area contributed by atoms with Gasteiger partial charge in [-0.05, 0) is 0 Å². The van der Waals surface area contributed by atoms with Crippen LogP contribution in [0.15, 0.2) is 0 Å². The lowest BCUT2D eigenvalue weighted by molar-refractivity contribution is -0.325. The summed E-state index contributed by atoms with van der Waals surface area (Å²) in [5.74, 6) is 0. The van der Waals surface area contributed by atoms with Crippen molar-refractivity contribution < 1.29 is 52.1 Å². The van der Waals surface area contributed by atoms with Crippen LogP contribution in [0, 0.1) is 0 Å². The van der Waals surface area contributed by atoms with Crippen molar-refractivity contribution in [2.24, 2.45) is 0 Å². The second-order valence-electron chi connectivity index (χ2n) is 7.30. The molecule has 176 valence electrons. The van der Waals surface area contributed by atoms with Crippen LogP contribution < -0.4 is 0 Å². The maximum absolute atomic E-state index is 6.37. The molecule has 3 rings (SSSR count). The molecule has 11 heteroatoms. The molecule has 0 aromatic carbocycles. The average Bonchev–Trinajstić information content (AvgIpc) is 3.05. The number of hydrogen-bond acceptors (Lipinski definition) is 11. The molecule has 0 aromatic heterocycles. The number of ether oxygens (including phenoxy) is 11. The monoisotopic (exact) mass is 438 g/mol. The molecule has 3 aliphatic heterocycles. The Bertz CT molecular complexity index is 509. The predicted molar refractivity (Wildman–Crippen MR) is 100.0 cm³/mol. The van der Waals surface area contributed by atoms with Crippen molar-refractivity contribution in [3.05, 3.63) is 0 Å². The predicted octanol–water partition coefficient (Wildman–Crippen LogP) is -0.453. The second-order valence-corrected chi connectivity index (χ2v) is 7.30. The van der Waals surface area contributed by atoms with Crippen molar-refractivity contribution in [3.63, 3.8) is 0 Å². The first-order valence-electron chi connectivity index (χ1n) is 9.92. The third-order valence-corrected chi connectivity index (χ3v) is 5.76. The van der Waals surface area contributed by atoms with Crippen molar-refractivity contribution in [1.82, 2.24) is 0 Å². The quantitative estimate of drug-likeness (QED) is 0.443. The van der Waals surface area contributed by atoms with E-state index < -0.39 is 55.3 Å². The summed E-state index contributed by atoms with van der Waals surface area (Å²) in [6, 6.07) is 0. The van der Waals surface area contributed by atoms with Crippen molar-refractivity contribution in [2.75, 3.05) is 62.7 Å². The largest absolute Gasteiger partial charge is 0.382 e. The zero-order valence-corrected chi connectivity index (χ0v) is 18.4. The summed E-state index contributed by atoms with van der Waals surface area (Å²) < 4.78 is 63.2. The van der Waals surface area contributed by atoms with Gasteiger partial charge in [0.2, 0.25) is 0 Å². The molecule has 0 amide bonds. The Hall–Kier alpha value is -0.440. The fourth-order valence-electron chi connectivity index (χ4n) is 4.29. The molecule has 10 atom stereocenters. The number of hydrogen-bond donors (Lipinski definition) is 0. The van der Waals surface area contributed by atoms with Crippen LogP contribution in [0.4, 0.5) is 0 Å². The Labute approximate surface area is 177 Å². The van der Waals surface area contributed by atoms with Crippen molar-refractivity contribution in [3.8, 4) is 0 Å². The summed E-state index contributed by atoms with van der Waals surface area (Å²) in [5, 5.41) is 0. The Balaban J connectivity index is 1.80. The molecule has 0 unspecified atom stereocenters. The summed E-state index contributed by atoms with van der Waals surface area (Å²) in [7, 11) is 9.50. The van der Waals surface area contributed by atoms with Gasteiger partial charge in [-0.15, -0.1) is 0 Å². The minimum absolute atomic E-state index is 0.100. The molecular weight excluding hydrogens is 404 g/mol. The normalized spacial score (nSPS) is 42.8. The molecule has 2 bridgehead atoms. The molecule has 0 radical (unpaired) electrons. The fourth-order valence-corrected chi connectivity index (χ4v) is 4.29. The molecule has 3 fully saturated rings. The highest BCUT2D eigenvalue weighted by atomic mass is 16.8. The maximum Gasteiger partial charge on any atom is 0.187 e. The van der Waals surface area contributed by atoms with Crippen LogP contribution in [0.1, 0.15) is 0 Å². The van der Waals surface area contributed by atoms with Gasteiger partial charge in [0.25, 0.3) is 0 Å². The summed E-state index contributed by atoms with van der Waals surface area (Å²) >= 11 is 0. The summed E-state index contributed by atoms with van der Waals surface area (Å²) in [5.41, 5.74) is 0. The van der Waals surface area contributed by atoms with E-state index in [1.807, 2.05) is 0 Å². The highest BCUT2D eigenvalue weighted by Gasteiger charge is 2.55. The molecule has 11 nitrogen and oxygen atoms in total. The Morgan fingerprint density at radius 1 is 0.800 bits per heavy atom. The van der Waals surface area contributed by atoms with E-state index in [1.165, 1.54) is 0 Å². The van der Waals surface area contributed by atoms with Crippen molar-refractivity contribution in [2.45, 2.75) is 61.4 Å². The van der Waals surface area contributed by atoms with Gasteiger partial charge < -0.3 is 52.1 Å². The van der Waals surface area contributed by atoms with Crippen LogP contribution >= 0.6 is 0 Å². The lowest BCUT2D eigenvalue weighted by atomic mass is 9.98. The molecule has 0 N–H and O–H groups in total. The summed E-state index contributed by atoms with van der Waals surface area (Å²) in [4.78, 5) is 0. The highest BCUT2D eigenvalue weighted by Crippen LogP contribution is 2.35. The Kier molecular flexibility index (Phi) is 9.23. The van der Waals surface area contributed by atoms with Crippen LogP contribution in [0.25, 0.3) is 0 Å². The molecule has 3 saturated heterocycles. The first kappa shape index (κ1) is 24.2. The van der Waals surface area contributed by atoms with Crippen molar-refractivity contribution >= 4 is 0 Å². The zero-order chi connectivity index (χ0) is 21.7. The van der Waals surface area contributed by atoms with Gasteiger partial charge in [-0.25, -0.2) is 0 Å². The smallest absolute Gasteiger partial charge is 0.187 e. The van der Waals surface area contributed by atoms with E-state index in [-0.39, 0.29) is 19.5 Å². The molecule has 0 saturated carbocycles. The van der Waals surface area contributed by atoms with Crippen LogP contribution in [-0.2, 0) is 52.1 Å². The van der Waals surface area contributed by atoms with Gasteiger partial charge >= 0.3 is 0 Å². The number of methoxy groups -OCH3 is 6. The molecule has 3 aliphatic rings. The number of fused-ring (bicyclic) bond motifs is 2. The lowest BCUT2D eigenvalue weighted by Gasteiger charge is -2.44. The van der Waals surface area contributed by atoms with Crippen LogP contribution in [-0.4, -0.2) is 124 Å². The van der Waals surface area contributed by atoms with E-state index in [2.05, 4.69) is 0 Å². The van der Waals surface area contributed by atoms with Gasteiger partial charge in [0.05, 0.1) is 13.2 Å². The number of rotatable bonds is 10. The standard InChI is InChI=1S/C19H34O11/c1-20-7-10(21-2)12-14(22-3)16(23-4)19(29-12)30-13-11-8-26-9-27-15(13)17(24-5)18(25-6)28-11/h10-19H,7-9H2,1-6H3/t10-,11-,12-,13-,14+,15+,16+,17+,18+,19-/m1/s1. The molecule has 3 heterocycles. The van der Waals surface area contributed by atoms with E-state index in [1.54, 1.807) is 42.7 Å². The van der Waals surface area contributed by atoms with E-state index in [0.29, 0.717) is 6.61 Å². The van der Waals surface area contributed by atoms with E-state index in [4.69, 9.17) is 52.1 Å². The van der Waals surface area contributed by atoms with E-state index in [9.17, 15) is 0 Å². The Morgan fingerprint density at radius 2 is 1.53 bits per heavy atom. The third-order valence-electron chi connectivity index (χ3n) is 5.76. The minimum atomic E-state index is -0.753. The van der Waals surface area contributed by atoms with Crippen LogP contribution in [0.5, 0.6) is 0 Å². The van der Waals surface area contributed by atoms with Crippen LogP contribution in [0.2, 0.25) is 0 Å². The van der Waals surface area contributed by atoms with E-state index >= 15 is 0 Å². The first-order chi connectivity index (χ1) is 14.6. The maximum atomic E-state index is 6.37. The molecular formula is C19H34O11. The first-order valence-corrected chi connectivity index (χ1v) is 9.92. The van der Waals surface area contributed by atoms with Gasteiger partial charge in [-0.2, -0.15) is 0 Å². The van der Waals surface area contributed by atoms with Crippen LogP contribution in [0.3, 0.4) is 0 Å². The molecule has 0 aromatic rings. The minimum Gasteiger partial charge on any atom is -0.382 e. The second kappa shape index (κ2) is 11.4. The van der Waals surface area contributed by atoms with Gasteiger partial charge in [0, 0.05) is 42.7 Å². The third kappa shape index (κ3) is 4.81. The van der Waals surface area contributed by atoms with E-state index in [0.717, 1.165) is 0 Å². The van der Waals surface area contributed by atoms with Crippen molar-refractivity contribution in [1.29, 1.82) is 0 Å². The van der Waals surface area contributed by atoms with Gasteiger partial charge in [-0.1, -0.05) is 0 Å². The molecule has 0 aliphatic carbocycles. The summed E-state index contributed by atoms with van der Waals surface area (Å²) in [6.45, 7) is 0.715. The average molecular weight is 438 g/mol. The highest BCUT2D eigenvalue weighted by molar-refractivity contribution is 4.97.